The lowest BCUT2D eigenvalue weighted by atomic mass is 10.1. The quantitative estimate of drug-likeness (QED) is 0.837. The van der Waals surface area contributed by atoms with Crippen molar-refractivity contribution in [1.82, 2.24) is 5.32 Å². The van der Waals surface area contributed by atoms with Crippen molar-refractivity contribution in [3.05, 3.63) is 29.3 Å². The fraction of sp³-hybridized carbons (Fsp3) is 0.562. The molecule has 0 spiro atoms. The maximum atomic E-state index is 12.2. The standard InChI is InChI=1S/C16H23NO4/c1-3-20-15-7-6-12(9-13(15)11-19-2)16(18)17-10-14-5-4-8-21-14/h6-7,9,14H,3-5,8,10-11H2,1-2H3,(H,17,18). The first-order valence-electron chi connectivity index (χ1n) is 7.39. The van der Waals surface area contributed by atoms with Crippen LogP contribution in [-0.4, -0.2) is 38.9 Å². The highest BCUT2D eigenvalue weighted by Crippen LogP contribution is 2.21. The smallest absolute Gasteiger partial charge is 0.251 e. The van der Waals surface area contributed by atoms with E-state index in [9.17, 15) is 4.79 Å². The number of hydrogen-bond donors (Lipinski definition) is 1. The molecule has 21 heavy (non-hydrogen) atoms. The first-order chi connectivity index (χ1) is 10.2. The largest absolute Gasteiger partial charge is 0.494 e. The summed E-state index contributed by atoms with van der Waals surface area (Å²) in [5.41, 5.74) is 1.49. The van der Waals surface area contributed by atoms with E-state index in [1.54, 1.807) is 13.2 Å². The Hall–Kier alpha value is -1.59. The molecule has 1 fully saturated rings. The average molecular weight is 293 g/mol. The van der Waals surface area contributed by atoms with Gasteiger partial charge in [-0.25, -0.2) is 0 Å². The Labute approximate surface area is 125 Å². The van der Waals surface area contributed by atoms with Crippen molar-refractivity contribution < 1.29 is 19.0 Å². The molecular formula is C16H23NO4. The number of amides is 1. The molecule has 1 heterocycles. The highest BCUT2D eigenvalue weighted by atomic mass is 16.5. The molecule has 1 aromatic carbocycles. The van der Waals surface area contributed by atoms with Gasteiger partial charge < -0.3 is 19.5 Å². The summed E-state index contributed by atoms with van der Waals surface area (Å²) in [5, 5.41) is 2.92. The zero-order valence-corrected chi connectivity index (χ0v) is 12.7. The van der Waals surface area contributed by atoms with Gasteiger partial charge in [0.25, 0.3) is 5.91 Å². The van der Waals surface area contributed by atoms with Crippen LogP contribution in [0.15, 0.2) is 18.2 Å². The number of carbonyl (C=O) groups is 1. The van der Waals surface area contributed by atoms with Crippen LogP contribution in [0.5, 0.6) is 5.75 Å². The second kappa shape index (κ2) is 8.00. The molecule has 1 unspecified atom stereocenters. The molecule has 1 N–H and O–H groups in total. The van der Waals surface area contributed by atoms with Crippen molar-refractivity contribution in [3.63, 3.8) is 0 Å². The highest BCUT2D eigenvalue weighted by molar-refractivity contribution is 5.94. The maximum Gasteiger partial charge on any atom is 0.251 e. The van der Waals surface area contributed by atoms with E-state index >= 15 is 0 Å². The normalized spacial score (nSPS) is 17.7. The molecule has 0 aliphatic carbocycles. The predicted molar refractivity (Wildman–Crippen MR) is 79.6 cm³/mol. The number of methoxy groups -OCH3 is 1. The molecular weight excluding hydrogens is 270 g/mol. The van der Waals surface area contributed by atoms with Gasteiger partial charge in [0, 0.05) is 31.4 Å². The molecule has 1 amide bonds. The number of nitrogens with one attached hydrogen (secondary N) is 1. The Balaban J connectivity index is 2.00. The molecule has 0 saturated carbocycles. The molecule has 0 aromatic heterocycles. The summed E-state index contributed by atoms with van der Waals surface area (Å²) >= 11 is 0. The van der Waals surface area contributed by atoms with E-state index in [0.29, 0.717) is 25.3 Å². The van der Waals surface area contributed by atoms with E-state index in [2.05, 4.69) is 5.32 Å². The molecule has 1 aliphatic heterocycles. The van der Waals surface area contributed by atoms with Crippen LogP contribution in [0.25, 0.3) is 0 Å². The number of carbonyl (C=O) groups excluding carboxylic acids is 1. The van der Waals surface area contributed by atoms with Gasteiger partial charge in [0.05, 0.1) is 19.3 Å². The minimum Gasteiger partial charge on any atom is -0.494 e. The van der Waals surface area contributed by atoms with E-state index in [1.165, 1.54) is 0 Å². The Kier molecular flexibility index (Phi) is 6.02. The van der Waals surface area contributed by atoms with Crippen LogP contribution in [0.4, 0.5) is 0 Å². The summed E-state index contributed by atoms with van der Waals surface area (Å²) in [6.45, 7) is 4.29. The molecule has 1 saturated heterocycles. The van der Waals surface area contributed by atoms with Gasteiger partial charge >= 0.3 is 0 Å². The van der Waals surface area contributed by atoms with Crippen LogP contribution >= 0.6 is 0 Å². The van der Waals surface area contributed by atoms with Crippen LogP contribution in [0.1, 0.15) is 35.7 Å². The van der Waals surface area contributed by atoms with Crippen molar-refractivity contribution in [3.8, 4) is 5.75 Å². The third-order valence-corrected chi connectivity index (χ3v) is 3.44. The Morgan fingerprint density at radius 3 is 3.00 bits per heavy atom. The van der Waals surface area contributed by atoms with Gasteiger partial charge in [-0.15, -0.1) is 0 Å². The fourth-order valence-electron chi connectivity index (χ4n) is 2.40. The second-order valence-electron chi connectivity index (χ2n) is 5.03. The predicted octanol–water partition coefficient (Wildman–Crippen LogP) is 2.14. The lowest BCUT2D eigenvalue weighted by Crippen LogP contribution is -2.31. The minimum absolute atomic E-state index is 0.0918. The molecule has 0 bridgehead atoms. The van der Waals surface area contributed by atoms with E-state index in [1.807, 2.05) is 19.1 Å². The monoisotopic (exact) mass is 293 g/mol. The van der Waals surface area contributed by atoms with Gasteiger partial charge in [-0.05, 0) is 38.0 Å². The molecule has 1 aromatic rings. The Morgan fingerprint density at radius 2 is 2.33 bits per heavy atom. The Morgan fingerprint density at radius 1 is 1.48 bits per heavy atom. The lowest BCUT2D eigenvalue weighted by molar-refractivity contribution is 0.0857. The summed E-state index contributed by atoms with van der Waals surface area (Å²) in [5.74, 6) is 0.668. The SMILES string of the molecule is CCOc1ccc(C(=O)NCC2CCCO2)cc1COC. The van der Waals surface area contributed by atoms with Crippen LogP contribution in [0, 0.1) is 0 Å². The zero-order chi connectivity index (χ0) is 15.1. The van der Waals surface area contributed by atoms with Crippen molar-refractivity contribution in [2.24, 2.45) is 0 Å². The van der Waals surface area contributed by atoms with Crippen LogP contribution in [0.3, 0.4) is 0 Å². The molecule has 1 atom stereocenters. The third-order valence-electron chi connectivity index (χ3n) is 3.44. The topological polar surface area (TPSA) is 56.8 Å². The van der Waals surface area contributed by atoms with Crippen LogP contribution in [0.2, 0.25) is 0 Å². The lowest BCUT2D eigenvalue weighted by Gasteiger charge is -2.13. The maximum absolute atomic E-state index is 12.2. The van der Waals surface area contributed by atoms with Gasteiger partial charge in [0.15, 0.2) is 0 Å². The van der Waals surface area contributed by atoms with E-state index in [-0.39, 0.29) is 12.0 Å². The van der Waals surface area contributed by atoms with Gasteiger partial charge in [-0.3, -0.25) is 4.79 Å². The van der Waals surface area contributed by atoms with Crippen molar-refractivity contribution in [2.45, 2.75) is 32.5 Å². The number of ether oxygens (including phenoxy) is 3. The van der Waals surface area contributed by atoms with Crippen LogP contribution in [-0.2, 0) is 16.1 Å². The first-order valence-corrected chi connectivity index (χ1v) is 7.39. The second-order valence-corrected chi connectivity index (χ2v) is 5.03. The first kappa shape index (κ1) is 15.8. The van der Waals surface area contributed by atoms with Crippen molar-refractivity contribution in [2.75, 3.05) is 26.9 Å². The summed E-state index contributed by atoms with van der Waals surface area (Å²) < 4.78 is 16.2. The van der Waals surface area contributed by atoms with Crippen molar-refractivity contribution >= 4 is 5.91 Å². The van der Waals surface area contributed by atoms with Crippen molar-refractivity contribution in [1.29, 1.82) is 0 Å². The molecule has 2 rings (SSSR count). The fourth-order valence-corrected chi connectivity index (χ4v) is 2.40. The van der Waals surface area contributed by atoms with Crippen LogP contribution < -0.4 is 10.1 Å². The number of rotatable bonds is 7. The van der Waals surface area contributed by atoms with Gasteiger partial charge in [-0.2, -0.15) is 0 Å². The van der Waals surface area contributed by atoms with E-state index in [0.717, 1.165) is 30.8 Å². The molecule has 5 nitrogen and oxygen atoms in total. The number of benzene rings is 1. The summed E-state index contributed by atoms with van der Waals surface area (Å²) in [7, 11) is 1.62. The van der Waals surface area contributed by atoms with Gasteiger partial charge in [0.1, 0.15) is 5.75 Å². The third kappa shape index (κ3) is 4.44. The summed E-state index contributed by atoms with van der Waals surface area (Å²) in [6.07, 6.45) is 2.23. The minimum atomic E-state index is -0.0918. The van der Waals surface area contributed by atoms with Gasteiger partial charge in [0.2, 0.25) is 0 Å². The summed E-state index contributed by atoms with van der Waals surface area (Å²) in [4.78, 5) is 12.2. The zero-order valence-electron chi connectivity index (χ0n) is 12.7. The highest BCUT2D eigenvalue weighted by Gasteiger charge is 2.17. The van der Waals surface area contributed by atoms with Gasteiger partial charge in [-0.1, -0.05) is 0 Å². The molecule has 116 valence electrons. The summed E-state index contributed by atoms with van der Waals surface area (Å²) in [6, 6.07) is 5.41. The molecule has 1 aliphatic rings. The molecule has 5 heteroatoms. The number of hydrogen-bond acceptors (Lipinski definition) is 4. The van der Waals surface area contributed by atoms with E-state index in [4.69, 9.17) is 14.2 Å². The Bertz CT molecular complexity index is 469. The van der Waals surface area contributed by atoms with E-state index < -0.39 is 0 Å². The molecule has 0 radical (unpaired) electrons. The average Bonchev–Trinajstić information content (AvgIpc) is 3.00.